The summed E-state index contributed by atoms with van der Waals surface area (Å²) in [5.74, 6) is -0.499. The Kier molecular flexibility index (Phi) is 9.07. The number of benzene rings is 3. The van der Waals surface area contributed by atoms with E-state index in [0.29, 0.717) is 32.6 Å². The highest BCUT2D eigenvalue weighted by Crippen LogP contribution is 2.32. The fourth-order valence-corrected chi connectivity index (χ4v) is 5.07. The first-order valence-electron chi connectivity index (χ1n) is 13.3. The Bertz CT molecular complexity index is 1790. The first-order chi connectivity index (χ1) is 20.8. The zero-order valence-corrected chi connectivity index (χ0v) is 24.9. The van der Waals surface area contributed by atoms with Crippen LogP contribution in [0.25, 0.3) is 23.0 Å². The summed E-state index contributed by atoms with van der Waals surface area (Å²) >= 11 is 12.3. The summed E-state index contributed by atoms with van der Waals surface area (Å²) < 4.78 is 12.7. The average Bonchev–Trinajstić information content (AvgIpc) is 3.44. The van der Waals surface area contributed by atoms with Crippen LogP contribution in [0.15, 0.2) is 95.7 Å². The van der Waals surface area contributed by atoms with Gasteiger partial charge >= 0.3 is 0 Å². The number of imide groups is 1. The van der Waals surface area contributed by atoms with Crippen LogP contribution < -0.4 is 4.74 Å². The number of carbonyl (C=O) groups is 2. The number of amides is 2. The molecule has 0 bridgehead atoms. The Hall–Kier alpha value is -4.68. The zero-order valence-electron chi connectivity index (χ0n) is 23.4. The van der Waals surface area contributed by atoms with Gasteiger partial charge in [-0.2, -0.15) is 10.4 Å². The SMILES string of the molecule is COCCN1C(=O)C(C#N)=C(C)/C(=C\c2cn(-c3ccccc3)nc2-c2ccc(OCc3ccc(Cl)cc3Cl)cc2)C1=O. The van der Waals surface area contributed by atoms with Crippen LogP contribution in [0, 0.1) is 11.3 Å². The first kappa shape index (κ1) is 29.8. The van der Waals surface area contributed by atoms with Crippen LogP contribution in [0.5, 0.6) is 5.75 Å². The molecule has 0 saturated heterocycles. The fourth-order valence-electron chi connectivity index (χ4n) is 4.61. The molecule has 1 aliphatic heterocycles. The number of para-hydroxylation sites is 1. The molecule has 0 saturated carbocycles. The summed E-state index contributed by atoms with van der Waals surface area (Å²) in [5.41, 5.74) is 4.10. The summed E-state index contributed by atoms with van der Waals surface area (Å²) in [4.78, 5) is 27.4. The van der Waals surface area contributed by atoms with E-state index >= 15 is 0 Å². The second-order valence-corrected chi connectivity index (χ2v) is 10.5. The van der Waals surface area contributed by atoms with Crippen molar-refractivity contribution in [3.05, 3.63) is 117 Å². The van der Waals surface area contributed by atoms with Crippen molar-refractivity contribution in [2.24, 2.45) is 0 Å². The lowest BCUT2D eigenvalue weighted by atomic mass is 9.93. The minimum Gasteiger partial charge on any atom is -0.489 e. The third-order valence-corrected chi connectivity index (χ3v) is 7.53. The van der Waals surface area contributed by atoms with Crippen molar-refractivity contribution in [1.82, 2.24) is 14.7 Å². The van der Waals surface area contributed by atoms with Gasteiger partial charge in [0.2, 0.25) is 0 Å². The largest absolute Gasteiger partial charge is 0.489 e. The molecule has 8 nitrogen and oxygen atoms in total. The lowest BCUT2D eigenvalue weighted by Crippen LogP contribution is -2.44. The third kappa shape index (κ3) is 6.40. The number of rotatable bonds is 9. The zero-order chi connectivity index (χ0) is 30.5. The van der Waals surface area contributed by atoms with Crippen LogP contribution in [0.3, 0.4) is 0 Å². The molecular formula is C33H26Cl2N4O4. The van der Waals surface area contributed by atoms with Gasteiger partial charge in [-0.15, -0.1) is 0 Å². The Morgan fingerprint density at radius 1 is 1.00 bits per heavy atom. The lowest BCUT2D eigenvalue weighted by molar-refractivity contribution is -0.141. The van der Waals surface area contributed by atoms with Crippen molar-refractivity contribution in [2.45, 2.75) is 13.5 Å². The first-order valence-corrected chi connectivity index (χ1v) is 14.1. The molecule has 0 unspecified atom stereocenters. The molecule has 2 amide bonds. The maximum absolute atomic E-state index is 13.5. The van der Waals surface area contributed by atoms with Crippen LogP contribution in [-0.4, -0.2) is 46.8 Å². The molecule has 3 aromatic carbocycles. The molecule has 0 N–H and O–H groups in total. The molecule has 0 fully saturated rings. The predicted octanol–water partition coefficient (Wildman–Crippen LogP) is 6.66. The Balaban J connectivity index is 1.53. The minimum atomic E-state index is -0.630. The van der Waals surface area contributed by atoms with Gasteiger partial charge in [0, 0.05) is 45.6 Å². The van der Waals surface area contributed by atoms with Gasteiger partial charge < -0.3 is 9.47 Å². The van der Waals surface area contributed by atoms with Crippen molar-refractivity contribution in [1.29, 1.82) is 5.26 Å². The third-order valence-electron chi connectivity index (χ3n) is 6.94. The highest BCUT2D eigenvalue weighted by atomic mass is 35.5. The summed E-state index contributed by atoms with van der Waals surface area (Å²) in [6.07, 6.45) is 3.49. The van der Waals surface area contributed by atoms with E-state index in [9.17, 15) is 14.9 Å². The number of carbonyl (C=O) groups excluding carboxylic acids is 2. The van der Waals surface area contributed by atoms with Crippen molar-refractivity contribution in [2.75, 3.05) is 20.3 Å². The highest BCUT2D eigenvalue weighted by Gasteiger charge is 2.35. The lowest BCUT2D eigenvalue weighted by Gasteiger charge is -2.27. The van der Waals surface area contributed by atoms with Crippen LogP contribution in [0.2, 0.25) is 10.0 Å². The number of halogens is 2. The van der Waals surface area contributed by atoms with E-state index in [0.717, 1.165) is 21.7 Å². The molecule has 10 heteroatoms. The van der Waals surface area contributed by atoms with Crippen LogP contribution in [-0.2, 0) is 20.9 Å². The molecule has 2 heterocycles. The Labute approximate surface area is 259 Å². The molecule has 0 radical (unpaired) electrons. The van der Waals surface area contributed by atoms with Gasteiger partial charge in [-0.1, -0.05) is 47.5 Å². The van der Waals surface area contributed by atoms with Gasteiger partial charge in [-0.05, 0) is 67.1 Å². The summed E-state index contributed by atoms with van der Waals surface area (Å²) in [6.45, 7) is 2.05. The number of aromatic nitrogens is 2. The number of nitriles is 1. The molecule has 5 rings (SSSR count). The van der Waals surface area contributed by atoms with Gasteiger partial charge in [0.25, 0.3) is 11.8 Å². The molecule has 4 aromatic rings. The molecule has 216 valence electrons. The van der Waals surface area contributed by atoms with Gasteiger partial charge in [-0.25, -0.2) is 4.68 Å². The molecule has 0 aliphatic carbocycles. The molecular weight excluding hydrogens is 587 g/mol. The van der Waals surface area contributed by atoms with E-state index in [1.54, 1.807) is 29.8 Å². The van der Waals surface area contributed by atoms with E-state index in [-0.39, 0.29) is 30.9 Å². The summed E-state index contributed by atoms with van der Waals surface area (Å²) in [7, 11) is 1.48. The van der Waals surface area contributed by atoms with Gasteiger partial charge in [0.1, 0.15) is 24.0 Å². The van der Waals surface area contributed by atoms with Gasteiger partial charge in [0.15, 0.2) is 0 Å². The maximum Gasteiger partial charge on any atom is 0.271 e. The molecule has 1 aromatic heterocycles. The van der Waals surface area contributed by atoms with Crippen molar-refractivity contribution >= 4 is 41.1 Å². The van der Waals surface area contributed by atoms with Crippen molar-refractivity contribution in [3.63, 3.8) is 0 Å². The number of ether oxygens (including phenoxy) is 2. The number of methoxy groups -OCH3 is 1. The number of nitrogens with zero attached hydrogens (tertiary/aromatic N) is 4. The molecule has 0 atom stereocenters. The Morgan fingerprint density at radius 3 is 2.42 bits per heavy atom. The Morgan fingerprint density at radius 2 is 1.74 bits per heavy atom. The van der Waals surface area contributed by atoms with Crippen molar-refractivity contribution < 1.29 is 19.1 Å². The van der Waals surface area contributed by atoms with Gasteiger partial charge in [-0.3, -0.25) is 14.5 Å². The highest BCUT2D eigenvalue weighted by molar-refractivity contribution is 6.35. The normalized spacial score (nSPS) is 14.4. The second-order valence-electron chi connectivity index (χ2n) is 9.69. The molecule has 1 aliphatic rings. The molecule has 43 heavy (non-hydrogen) atoms. The fraction of sp³-hybridized carbons (Fsp3) is 0.152. The van der Waals surface area contributed by atoms with E-state index in [1.807, 2.05) is 72.9 Å². The quantitative estimate of drug-likeness (QED) is 0.155. The topological polar surface area (TPSA) is 97.5 Å². The van der Waals surface area contributed by atoms with Crippen LogP contribution in [0.1, 0.15) is 18.1 Å². The number of hydrogen-bond donors (Lipinski definition) is 0. The second kappa shape index (κ2) is 13.1. The van der Waals surface area contributed by atoms with Crippen LogP contribution in [0.4, 0.5) is 0 Å². The maximum atomic E-state index is 13.5. The average molecular weight is 614 g/mol. The van der Waals surface area contributed by atoms with E-state index < -0.39 is 11.8 Å². The van der Waals surface area contributed by atoms with E-state index in [4.69, 9.17) is 37.8 Å². The summed E-state index contributed by atoms with van der Waals surface area (Å²) in [5, 5.41) is 15.7. The summed E-state index contributed by atoms with van der Waals surface area (Å²) in [6, 6.07) is 24.2. The standard InChI is InChI=1S/C33H26Cl2N4O4/c1-21-28(32(40)38(14-15-42-2)33(41)29(21)18-36)16-24-19-39(26-6-4-3-5-7-26)37-31(24)22-9-12-27(13-10-22)43-20-23-8-11-25(34)17-30(23)35/h3-13,16-17,19H,14-15,20H2,1-2H3/b28-16+. The van der Waals surface area contributed by atoms with E-state index in [2.05, 4.69) is 0 Å². The van der Waals surface area contributed by atoms with Gasteiger partial charge in [0.05, 0.1) is 24.5 Å². The number of hydrogen-bond acceptors (Lipinski definition) is 6. The monoisotopic (exact) mass is 612 g/mol. The smallest absolute Gasteiger partial charge is 0.271 e. The van der Waals surface area contributed by atoms with Crippen LogP contribution >= 0.6 is 23.2 Å². The van der Waals surface area contributed by atoms with E-state index in [1.165, 1.54) is 7.11 Å². The minimum absolute atomic E-state index is 0.0306. The molecule has 0 spiro atoms. The predicted molar refractivity (Wildman–Crippen MR) is 165 cm³/mol. The van der Waals surface area contributed by atoms with Crippen molar-refractivity contribution in [3.8, 4) is 28.8 Å².